The van der Waals surface area contributed by atoms with E-state index in [0.717, 1.165) is 0 Å². The Labute approximate surface area is 126 Å². The predicted molar refractivity (Wildman–Crippen MR) is 76.9 cm³/mol. The van der Waals surface area contributed by atoms with E-state index in [1.807, 2.05) is 0 Å². The van der Waals surface area contributed by atoms with Gasteiger partial charge in [-0.2, -0.15) is 4.39 Å². The van der Waals surface area contributed by atoms with E-state index >= 15 is 0 Å². The van der Waals surface area contributed by atoms with E-state index in [1.54, 1.807) is 16.7 Å². The van der Waals surface area contributed by atoms with Crippen molar-refractivity contribution in [3.8, 4) is 17.0 Å². The van der Waals surface area contributed by atoms with Gasteiger partial charge in [0.1, 0.15) is 5.56 Å². The van der Waals surface area contributed by atoms with Crippen molar-refractivity contribution >= 4 is 5.91 Å². The summed E-state index contributed by atoms with van der Waals surface area (Å²) in [6.45, 7) is 0.541. The van der Waals surface area contributed by atoms with Crippen LogP contribution in [0.1, 0.15) is 35.0 Å². The Kier molecular flexibility index (Phi) is 3.58. The molecule has 0 aromatic carbocycles. The van der Waals surface area contributed by atoms with Gasteiger partial charge in [0.05, 0.1) is 30.2 Å². The van der Waals surface area contributed by atoms with Gasteiger partial charge in [-0.25, -0.2) is 4.98 Å². The van der Waals surface area contributed by atoms with Crippen LogP contribution in [0.4, 0.5) is 4.39 Å². The Morgan fingerprint density at radius 2 is 2.36 bits per heavy atom. The molecule has 2 aromatic rings. The molecule has 3 heterocycles. The van der Waals surface area contributed by atoms with Gasteiger partial charge in [0.15, 0.2) is 5.75 Å². The second kappa shape index (κ2) is 5.42. The molecule has 1 amide bonds. The number of aliphatic hydroxyl groups is 1. The third kappa shape index (κ3) is 2.05. The highest BCUT2D eigenvalue weighted by molar-refractivity contribution is 6.00. The number of methoxy groups -OCH3 is 1. The summed E-state index contributed by atoms with van der Waals surface area (Å²) >= 11 is 0. The van der Waals surface area contributed by atoms with Crippen molar-refractivity contribution in [1.29, 1.82) is 0 Å². The smallest absolute Gasteiger partial charge is 0.254 e. The van der Waals surface area contributed by atoms with Gasteiger partial charge in [0.25, 0.3) is 5.91 Å². The predicted octanol–water partition coefficient (Wildman–Crippen LogP) is 1.62. The maximum atomic E-state index is 14.1. The number of ether oxygens (including phenoxy) is 1. The number of aliphatic hydroxyl groups excluding tert-OH is 1. The Morgan fingerprint density at radius 3 is 3.00 bits per heavy atom. The van der Waals surface area contributed by atoms with Crippen LogP contribution in [-0.2, 0) is 6.54 Å². The van der Waals surface area contributed by atoms with Crippen LogP contribution in [0, 0.1) is 5.95 Å². The van der Waals surface area contributed by atoms with Crippen molar-refractivity contribution in [1.82, 2.24) is 9.55 Å². The van der Waals surface area contributed by atoms with E-state index in [4.69, 9.17) is 10.5 Å². The molecule has 2 aromatic heterocycles. The maximum Gasteiger partial charge on any atom is 0.254 e. The van der Waals surface area contributed by atoms with Gasteiger partial charge in [-0.15, -0.1) is 0 Å². The number of fused-ring (bicyclic) bond motifs is 1. The van der Waals surface area contributed by atoms with Crippen molar-refractivity contribution in [3.05, 3.63) is 35.5 Å². The van der Waals surface area contributed by atoms with E-state index in [9.17, 15) is 14.3 Å². The van der Waals surface area contributed by atoms with Crippen LogP contribution in [0.3, 0.4) is 0 Å². The SMILES string of the molecule is COc1c(C(N)=O)c2n(c1-c1cccnc1F)CCCC2O. The number of aromatic nitrogens is 2. The summed E-state index contributed by atoms with van der Waals surface area (Å²) in [4.78, 5) is 15.5. The molecular formula is C15H16FN3O3. The third-order valence-corrected chi connectivity index (χ3v) is 3.90. The summed E-state index contributed by atoms with van der Waals surface area (Å²) < 4.78 is 21.1. The van der Waals surface area contributed by atoms with E-state index in [2.05, 4.69) is 4.98 Å². The van der Waals surface area contributed by atoms with Gasteiger partial charge in [0, 0.05) is 12.7 Å². The number of amides is 1. The number of hydrogen-bond acceptors (Lipinski definition) is 4. The lowest BCUT2D eigenvalue weighted by atomic mass is 10.0. The first-order chi connectivity index (χ1) is 10.6. The molecule has 1 aliphatic rings. The molecule has 3 N–H and O–H groups in total. The van der Waals surface area contributed by atoms with Crippen LogP contribution in [-0.4, -0.2) is 27.7 Å². The maximum absolute atomic E-state index is 14.1. The molecule has 3 rings (SSSR count). The monoisotopic (exact) mass is 305 g/mol. The highest BCUT2D eigenvalue weighted by Gasteiger charge is 2.34. The lowest BCUT2D eigenvalue weighted by Crippen LogP contribution is -2.21. The third-order valence-electron chi connectivity index (χ3n) is 3.90. The van der Waals surface area contributed by atoms with E-state index in [-0.39, 0.29) is 16.9 Å². The van der Waals surface area contributed by atoms with Crippen molar-refractivity contribution in [2.24, 2.45) is 5.73 Å². The number of hydrogen-bond donors (Lipinski definition) is 2. The number of nitrogens with zero attached hydrogens (tertiary/aromatic N) is 2. The normalized spacial score (nSPS) is 17.1. The highest BCUT2D eigenvalue weighted by Crippen LogP contribution is 2.43. The van der Waals surface area contributed by atoms with Crippen molar-refractivity contribution < 1.29 is 19.0 Å². The average molecular weight is 305 g/mol. The van der Waals surface area contributed by atoms with Crippen LogP contribution in [0.25, 0.3) is 11.3 Å². The van der Waals surface area contributed by atoms with Crippen molar-refractivity contribution in [2.75, 3.05) is 7.11 Å². The number of carbonyl (C=O) groups excluding carboxylic acids is 1. The van der Waals surface area contributed by atoms with Crippen LogP contribution in [0.5, 0.6) is 5.75 Å². The van der Waals surface area contributed by atoms with Crippen molar-refractivity contribution in [2.45, 2.75) is 25.5 Å². The molecule has 0 aliphatic carbocycles. The van der Waals surface area contributed by atoms with Gasteiger partial charge in [-0.05, 0) is 25.0 Å². The Hall–Kier alpha value is -2.41. The zero-order valence-electron chi connectivity index (χ0n) is 12.0. The van der Waals surface area contributed by atoms with E-state index in [1.165, 1.54) is 13.3 Å². The fraction of sp³-hybridized carbons (Fsp3) is 0.333. The first-order valence-electron chi connectivity index (χ1n) is 6.95. The number of halogens is 1. The molecule has 7 heteroatoms. The second-order valence-corrected chi connectivity index (χ2v) is 5.16. The minimum Gasteiger partial charge on any atom is -0.494 e. The highest BCUT2D eigenvalue weighted by atomic mass is 19.1. The molecule has 1 unspecified atom stereocenters. The summed E-state index contributed by atoms with van der Waals surface area (Å²) in [5, 5.41) is 10.2. The lowest BCUT2D eigenvalue weighted by Gasteiger charge is -2.23. The number of pyridine rings is 1. The van der Waals surface area contributed by atoms with Crippen LogP contribution >= 0.6 is 0 Å². The lowest BCUT2D eigenvalue weighted by molar-refractivity contribution is 0.0980. The summed E-state index contributed by atoms with van der Waals surface area (Å²) in [6, 6.07) is 3.15. The van der Waals surface area contributed by atoms with E-state index < -0.39 is 18.0 Å². The molecule has 1 atom stereocenters. The number of primary amides is 1. The minimum atomic E-state index is -0.835. The quantitative estimate of drug-likeness (QED) is 0.843. The molecule has 0 saturated carbocycles. The summed E-state index contributed by atoms with van der Waals surface area (Å²) in [6.07, 6.45) is 1.73. The Balaban J connectivity index is 2.37. The van der Waals surface area contributed by atoms with Gasteiger partial charge in [-0.1, -0.05) is 0 Å². The zero-order chi connectivity index (χ0) is 15.9. The zero-order valence-corrected chi connectivity index (χ0v) is 12.0. The standard InChI is InChI=1S/C15H16FN3O3/c1-22-13-10(15(17)21)12-9(20)5-3-7-19(12)11(13)8-4-2-6-18-14(8)16/h2,4,6,9,20H,3,5,7H2,1H3,(H2,17,21). The van der Waals surface area contributed by atoms with Gasteiger partial charge < -0.3 is 20.1 Å². The number of nitrogens with two attached hydrogens (primary N) is 1. The average Bonchev–Trinajstić information content (AvgIpc) is 2.83. The fourth-order valence-corrected chi connectivity index (χ4v) is 3.04. The largest absolute Gasteiger partial charge is 0.494 e. The van der Waals surface area contributed by atoms with Crippen LogP contribution in [0.2, 0.25) is 0 Å². The molecule has 116 valence electrons. The molecule has 0 fully saturated rings. The molecule has 0 radical (unpaired) electrons. The molecule has 6 nitrogen and oxygen atoms in total. The molecule has 1 aliphatic heterocycles. The minimum absolute atomic E-state index is 0.105. The van der Waals surface area contributed by atoms with Crippen LogP contribution in [0.15, 0.2) is 18.3 Å². The van der Waals surface area contributed by atoms with Gasteiger partial charge in [0.2, 0.25) is 5.95 Å². The van der Waals surface area contributed by atoms with Crippen molar-refractivity contribution in [3.63, 3.8) is 0 Å². The molecule has 0 bridgehead atoms. The summed E-state index contributed by atoms with van der Waals surface area (Å²) in [7, 11) is 1.39. The summed E-state index contributed by atoms with van der Waals surface area (Å²) in [5.41, 5.74) is 6.54. The fourth-order valence-electron chi connectivity index (χ4n) is 3.04. The first-order valence-corrected chi connectivity index (χ1v) is 6.95. The Bertz CT molecular complexity index is 742. The van der Waals surface area contributed by atoms with E-state index in [0.29, 0.717) is 30.8 Å². The Morgan fingerprint density at radius 1 is 1.59 bits per heavy atom. The molecule has 0 saturated heterocycles. The molecule has 0 spiro atoms. The topological polar surface area (TPSA) is 90.4 Å². The second-order valence-electron chi connectivity index (χ2n) is 5.16. The van der Waals surface area contributed by atoms with Gasteiger partial charge >= 0.3 is 0 Å². The number of carbonyl (C=O) groups is 1. The van der Waals surface area contributed by atoms with Crippen LogP contribution < -0.4 is 10.5 Å². The molecular weight excluding hydrogens is 289 g/mol. The first kappa shape index (κ1) is 14.5. The summed E-state index contributed by atoms with van der Waals surface area (Å²) in [5.74, 6) is -1.20. The number of rotatable bonds is 3. The van der Waals surface area contributed by atoms with Gasteiger partial charge in [-0.3, -0.25) is 4.79 Å². The molecule has 22 heavy (non-hydrogen) atoms.